The van der Waals surface area contributed by atoms with Crippen LogP contribution in [0.3, 0.4) is 0 Å². The highest BCUT2D eigenvalue weighted by Crippen LogP contribution is 2.46. The quantitative estimate of drug-likeness (QED) is 0.210. The zero-order chi connectivity index (χ0) is 29.7. The maximum atomic E-state index is 5.51. The summed E-state index contributed by atoms with van der Waals surface area (Å²) in [6, 6.07) is 56.0. The lowest BCUT2D eigenvalue weighted by atomic mass is 9.89. The molecular weight excluding hydrogens is 546 g/mol. The van der Waals surface area contributed by atoms with Crippen LogP contribution in [0.2, 0.25) is 0 Å². The number of imidazole rings is 1. The van der Waals surface area contributed by atoms with Gasteiger partial charge in [-0.3, -0.25) is 9.55 Å². The number of nitrogens with zero attached hydrogens (tertiary/aromatic N) is 3. The molecule has 45 heavy (non-hydrogen) atoms. The van der Waals surface area contributed by atoms with E-state index in [1.807, 2.05) is 24.4 Å². The van der Waals surface area contributed by atoms with Gasteiger partial charge in [-0.2, -0.15) is 0 Å². The molecule has 0 saturated heterocycles. The van der Waals surface area contributed by atoms with Gasteiger partial charge >= 0.3 is 0 Å². The van der Waals surface area contributed by atoms with Gasteiger partial charge in [0.15, 0.2) is 5.82 Å². The number of aromatic nitrogens is 3. The monoisotopic (exact) mass is 573 g/mol. The molecule has 0 N–H and O–H groups in total. The third kappa shape index (κ3) is 4.13. The van der Waals surface area contributed by atoms with E-state index in [-0.39, 0.29) is 0 Å². The molecular formula is C42H27N3. The number of fused-ring (bicyclic) bond motifs is 4. The van der Waals surface area contributed by atoms with Gasteiger partial charge in [-0.1, -0.05) is 121 Å². The van der Waals surface area contributed by atoms with Crippen molar-refractivity contribution in [2.45, 2.75) is 0 Å². The summed E-state index contributed by atoms with van der Waals surface area (Å²) < 4.78 is 2.30. The largest absolute Gasteiger partial charge is 0.290 e. The van der Waals surface area contributed by atoms with Crippen LogP contribution in [-0.2, 0) is 0 Å². The van der Waals surface area contributed by atoms with E-state index >= 15 is 0 Å². The van der Waals surface area contributed by atoms with Crippen LogP contribution in [0.4, 0.5) is 0 Å². The van der Waals surface area contributed by atoms with Crippen molar-refractivity contribution >= 4 is 43.4 Å². The molecule has 0 atom stereocenters. The first kappa shape index (κ1) is 25.4. The van der Waals surface area contributed by atoms with Crippen LogP contribution in [0.5, 0.6) is 0 Å². The molecule has 0 aliphatic rings. The first-order valence-electron chi connectivity index (χ1n) is 15.3. The van der Waals surface area contributed by atoms with Crippen molar-refractivity contribution in [1.82, 2.24) is 14.5 Å². The summed E-state index contributed by atoms with van der Waals surface area (Å²) in [5, 5.41) is 7.22. The van der Waals surface area contributed by atoms with Crippen molar-refractivity contribution in [2.75, 3.05) is 0 Å². The van der Waals surface area contributed by atoms with Crippen LogP contribution in [0.15, 0.2) is 164 Å². The lowest BCUT2D eigenvalue weighted by molar-refractivity contribution is 1.08. The van der Waals surface area contributed by atoms with Crippen LogP contribution >= 0.6 is 0 Å². The first-order valence-corrected chi connectivity index (χ1v) is 15.3. The van der Waals surface area contributed by atoms with Gasteiger partial charge in [-0.15, -0.1) is 0 Å². The zero-order valence-electron chi connectivity index (χ0n) is 24.4. The van der Waals surface area contributed by atoms with Gasteiger partial charge in [0.05, 0.1) is 11.0 Å². The predicted octanol–water partition coefficient (Wildman–Crippen LogP) is 10.9. The summed E-state index contributed by atoms with van der Waals surface area (Å²) in [4.78, 5) is 10.3. The number of pyridine rings is 1. The van der Waals surface area contributed by atoms with Crippen molar-refractivity contribution in [2.24, 2.45) is 0 Å². The summed E-state index contributed by atoms with van der Waals surface area (Å²) in [6.45, 7) is 0. The SMILES string of the molecule is c1ccc(-n2c(-c3ccccn3)nc3c(-c4ccc5ccccc5c4)c4ccccc4c(-c4ccc5ccccc5c4)c32)cc1. The summed E-state index contributed by atoms with van der Waals surface area (Å²) in [6.07, 6.45) is 1.84. The summed E-state index contributed by atoms with van der Waals surface area (Å²) in [5.74, 6) is 0.816. The topological polar surface area (TPSA) is 30.7 Å². The lowest BCUT2D eigenvalue weighted by Crippen LogP contribution is -2.00. The minimum atomic E-state index is 0.816. The summed E-state index contributed by atoms with van der Waals surface area (Å²) in [7, 11) is 0. The Bertz CT molecular complexity index is 2530. The van der Waals surface area contributed by atoms with Gasteiger partial charge in [0.2, 0.25) is 0 Å². The highest BCUT2D eigenvalue weighted by atomic mass is 15.1. The van der Waals surface area contributed by atoms with Crippen LogP contribution in [-0.4, -0.2) is 14.5 Å². The van der Waals surface area contributed by atoms with Gasteiger partial charge in [0.25, 0.3) is 0 Å². The molecule has 3 heteroatoms. The first-order chi connectivity index (χ1) is 22.3. The Morgan fingerprint density at radius 2 is 1.00 bits per heavy atom. The molecule has 0 unspecified atom stereocenters. The molecule has 2 aromatic heterocycles. The molecule has 0 bridgehead atoms. The summed E-state index contributed by atoms with van der Waals surface area (Å²) >= 11 is 0. The third-order valence-corrected chi connectivity index (χ3v) is 8.80. The molecule has 9 rings (SSSR count). The van der Waals surface area contributed by atoms with Crippen molar-refractivity contribution in [3.8, 4) is 39.5 Å². The molecule has 7 aromatic carbocycles. The molecule has 0 spiro atoms. The van der Waals surface area contributed by atoms with Crippen LogP contribution in [0.25, 0.3) is 82.8 Å². The average molecular weight is 574 g/mol. The molecule has 210 valence electrons. The Hall–Kier alpha value is -6.06. The van der Waals surface area contributed by atoms with E-state index < -0.39 is 0 Å². The molecule has 0 radical (unpaired) electrons. The van der Waals surface area contributed by atoms with E-state index in [9.17, 15) is 0 Å². The van der Waals surface area contributed by atoms with E-state index in [1.54, 1.807) is 0 Å². The fourth-order valence-corrected chi connectivity index (χ4v) is 6.77. The Morgan fingerprint density at radius 3 is 1.64 bits per heavy atom. The standard InChI is InChI=1S/C42H27N3/c1-2-16-34(17-3-1)45-41-39(33-24-22-29-13-5-7-15-31(29)27-33)36-19-9-8-18-35(36)38(32-23-21-28-12-4-6-14-30(28)26-32)40(41)44-42(45)37-20-10-11-25-43-37/h1-27H. The number of hydrogen-bond donors (Lipinski definition) is 0. The van der Waals surface area contributed by atoms with Crippen LogP contribution in [0, 0.1) is 0 Å². The molecule has 3 nitrogen and oxygen atoms in total. The molecule has 0 aliphatic heterocycles. The second-order valence-electron chi connectivity index (χ2n) is 11.4. The van der Waals surface area contributed by atoms with Crippen LogP contribution < -0.4 is 0 Å². The van der Waals surface area contributed by atoms with E-state index in [2.05, 4.69) is 144 Å². The van der Waals surface area contributed by atoms with Gasteiger partial charge in [-0.25, -0.2) is 4.98 Å². The lowest BCUT2D eigenvalue weighted by Gasteiger charge is -2.18. The van der Waals surface area contributed by atoms with Crippen molar-refractivity contribution < 1.29 is 0 Å². The number of benzene rings is 7. The number of rotatable bonds is 4. The average Bonchev–Trinajstić information content (AvgIpc) is 3.51. The molecule has 0 amide bonds. The third-order valence-electron chi connectivity index (χ3n) is 8.80. The van der Waals surface area contributed by atoms with E-state index in [4.69, 9.17) is 9.97 Å². The number of hydrogen-bond acceptors (Lipinski definition) is 2. The minimum Gasteiger partial charge on any atom is -0.290 e. The number of para-hydroxylation sites is 1. The maximum absolute atomic E-state index is 5.51. The highest BCUT2D eigenvalue weighted by molar-refractivity contribution is 6.21. The molecule has 2 heterocycles. The van der Waals surface area contributed by atoms with Crippen molar-refractivity contribution in [3.05, 3.63) is 164 Å². The van der Waals surface area contributed by atoms with Crippen molar-refractivity contribution in [1.29, 1.82) is 0 Å². The Labute approximate surface area is 260 Å². The minimum absolute atomic E-state index is 0.816. The maximum Gasteiger partial charge on any atom is 0.164 e. The second-order valence-corrected chi connectivity index (χ2v) is 11.4. The van der Waals surface area contributed by atoms with Gasteiger partial charge in [0, 0.05) is 23.0 Å². The smallest absolute Gasteiger partial charge is 0.164 e. The Balaban J connectivity index is 1.51. The molecule has 0 fully saturated rings. The molecule has 0 aliphatic carbocycles. The summed E-state index contributed by atoms with van der Waals surface area (Å²) in [5.41, 5.74) is 8.49. The van der Waals surface area contributed by atoms with E-state index in [0.717, 1.165) is 50.5 Å². The zero-order valence-corrected chi connectivity index (χ0v) is 24.4. The Morgan fingerprint density at radius 1 is 0.444 bits per heavy atom. The molecule has 9 aromatic rings. The fraction of sp³-hybridized carbons (Fsp3) is 0. The predicted molar refractivity (Wildman–Crippen MR) is 188 cm³/mol. The van der Waals surface area contributed by atoms with Crippen LogP contribution in [0.1, 0.15) is 0 Å². The Kier molecular flexibility index (Phi) is 5.82. The van der Waals surface area contributed by atoms with Gasteiger partial charge < -0.3 is 0 Å². The van der Waals surface area contributed by atoms with Crippen molar-refractivity contribution in [3.63, 3.8) is 0 Å². The van der Waals surface area contributed by atoms with E-state index in [1.165, 1.54) is 32.3 Å². The molecule has 0 saturated carbocycles. The normalized spacial score (nSPS) is 11.6. The van der Waals surface area contributed by atoms with Gasteiger partial charge in [0.1, 0.15) is 5.69 Å². The van der Waals surface area contributed by atoms with Gasteiger partial charge in [-0.05, 0) is 79.8 Å². The van der Waals surface area contributed by atoms with E-state index in [0.29, 0.717) is 0 Å². The second kappa shape index (κ2) is 10.3. The highest BCUT2D eigenvalue weighted by Gasteiger charge is 2.25. The fourth-order valence-electron chi connectivity index (χ4n) is 6.77.